The summed E-state index contributed by atoms with van der Waals surface area (Å²) in [5.74, 6) is 1.27. The lowest BCUT2D eigenvalue weighted by atomic mass is 9.94. The van der Waals surface area contributed by atoms with E-state index in [0.717, 1.165) is 49.3 Å². The predicted molar refractivity (Wildman–Crippen MR) is 114 cm³/mol. The van der Waals surface area contributed by atoms with Gasteiger partial charge in [-0.15, -0.1) is 11.3 Å². The molecule has 0 saturated carbocycles. The number of rotatable bonds is 5. The Hall–Kier alpha value is -2.34. The van der Waals surface area contributed by atoms with E-state index in [-0.39, 0.29) is 23.8 Å². The largest absolute Gasteiger partial charge is 0.497 e. The number of hydrogen-bond donors (Lipinski definition) is 0. The molecule has 0 aliphatic carbocycles. The highest BCUT2D eigenvalue weighted by Crippen LogP contribution is 2.28. The van der Waals surface area contributed by atoms with Gasteiger partial charge in [-0.25, -0.2) is 0 Å². The summed E-state index contributed by atoms with van der Waals surface area (Å²) in [6.45, 7) is 2.19. The van der Waals surface area contributed by atoms with Crippen molar-refractivity contribution in [3.63, 3.8) is 0 Å². The summed E-state index contributed by atoms with van der Waals surface area (Å²) in [4.78, 5) is 30.5. The van der Waals surface area contributed by atoms with E-state index in [4.69, 9.17) is 4.74 Å². The van der Waals surface area contributed by atoms with Crippen LogP contribution in [-0.2, 0) is 11.2 Å². The van der Waals surface area contributed by atoms with E-state index in [0.29, 0.717) is 13.1 Å². The van der Waals surface area contributed by atoms with Crippen molar-refractivity contribution < 1.29 is 14.3 Å². The summed E-state index contributed by atoms with van der Waals surface area (Å²) in [5, 5.41) is 1.93. The Morgan fingerprint density at radius 3 is 2.66 bits per heavy atom. The Balaban J connectivity index is 1.34. The smallest absolute Gasteiger partial charge is 0.263 e. The molecule has 2 aliphatic rings. The van der Waals surface area contributed by atoms with Crippen LogP contribution >= 0.6 is 11.3 Å². The molecule has 5 nitrogen and oxygen atoms in total. The van der Waals surface area contributed by atoms with Crippen LogP contribution in [0, 0.1) is 5.92 Å². The lowest BCUT2D eigenvalue weighted by Crippen LogP contribution is -2.46. The first-order chi connectivity index (χ1) is 14.2. The van der Waals surface area contributed by atoms with Crippen molar-refractivity contribution in [2.75, 3.05) is 26.7 Å². The molecule has 2 aromatic rings. The highest BCUT2D eigenvalue weighted by molar-refractivity contribution is 7.12. The average molecular weight is 413 g/mol. The van der Waals surface area contributed by atoms with Gasteiger partial charge in [0.05, 0.1) is 12.0 Å². The quantitative estimate of drug-likeness (QED) is 0.750. The number of benzene rings is 1. The molecule has 2 amide bonds. The van der Waals surface area contributed by atoms with Crippen molar-refractivity contribution in [2.45, 2.75) is 38.1 Å². The topological polar surface area (TPSA) is 49.9 Å². The minimum atomic E-state index is 0.0355. The number of ether oxygens (including phenoxy) is 1. The molecule has 2 fully saturated rings. The van der Waals surface area contributed by atoms with Gasteiger partial charge in [-0.05, 0) is 61.2 Å². The number of likely N-dealkylation sites (tertiary alicyclic amines) is 2. The monoisotopic (exact) mass is 412 g/mol. The first-order valence-corrected chi connectivity index (χ1v) is 11.3. The molecule has 0 radical (unpaired) electrons. The van der Waals surface area contributed by atoms with Gasteiger partial charge < -0.3 is 14.5 Å². The van der Waals surface area contributed by atoms with Crippen LogP contribution in [0.25, 0.3) is 0 Å². The Bertz CT molecular complexity index is 844. The molecule has 2 aliphatic heterocycles. The van der Waals surface area contributed by atoms with Gasteiger partial charge in [0.15, 0.2) is 0 Å². The van der Waals surface area contributed by atoms with E-state index in [9.17, 15) is 9.59 Å². The minimum absolute atomic E-state index is 0.0355. The Kier molecular flexibility index (Phi) is 6.19. The lowest BCUT2D eigenvalue weighted by Gasteiger charge is -2.35. The van der Waals surface area contributed by atoms with Crippen LogP contribution in [-0.4, -0.2) is 54.4 Å². The van der Waals surface area contributed by atoms with Crippen molar-refractivity contribution in [2.24, 2.45) is 5.92 Å². The van der Waals surface area contributed by atoms with Crippen molar-refractivity contribution in [1.82, 2.24) is 9.80 Å². The number of piperidine rings is 1. The molecule has 1 aromatic heterocycles. The fourth-order valence-corrected chi connectivity index (χ4v) is 5.22. The van der Waals surface area contributed by atoms with E-state index in [1.165, 1.54) is 16.9 Å². The van der Waals surface area contributed by atoms with Gasteiger partial charge in [-0.1, -0.05) is 18.2 Å². The van der Waals surface area contributed by atoms with Gasteiger partial charge in [-0.3, -0.25) is 9.59 Å². The fourth-order valence-electron chi connectivity index (χ4n) is 4.53. The standard InChI is InChI=1S/C23H28N2O3S/c1-28-20-7-2-5-17(16-20)15-19-6-3-11-25(19)22(26)18-9-12-24(13-10-18)23(27)21-8-4-14-29-21/h2,4-5,7-8,14,16,18-19H,3,6,9-13,15H2,1H3. The highest BCUT2D eigenvalue weighted by atomic mass is 32.1. The van der Waals surface area contributed by atoms with Crippen LogP contribution in [0.3, 0.4) is 0 Å². The summed E-state index contributed by atoms with van der Waals surface area (Å²) in [7, 11) is 1.68. The third kappa shape index (κ3) is 4.47. The van der Waals surface area contributed by atoms with E-state index in [1.807, 2.05) is 34.5 Å². The van der Waals surface area contributed by atoms with E-state index < -0.39 is 0 Å². The Labute approximate surface area is 176 Å². The molecule has 1 unspecified atom stereocenters. The molecular weight excluding hydrogens is 384 g/mol. The van der Waals surface area contributed by atoms with Crippen molar-refractivity contribution in [3.05, 3.63) is 52.2 Å². The second kappa shape index (κ2) is 8.99. The molecule has 29 heavy (non-hydrogen) atoms. The maximum Gasteiger partial charge on any atom is 0.263 e. The second-order valence-corrected chi connectivity index (χ2v) is 8.87. The van der Waals surface area contributed by atoms with Gasteiger partial charge in [0.25, 0.3) is 5.91 Å². The molecule has 0 spiro atoms. The molecular formula is C23H28N2O3S. The van der Waals surface area contributed by atoms with Crippen LogP contribution in [0.5, 0.6) is 5.75 Å². The van der Waals surface area contributed by atoms with E-state index in [2.05, 4.69) is 17.0 Å². The second-order valence-electron chi connectivity index (χ2n) is 7.93. The zero-order chi connectivity index (χ0) is 20.2. The first-order valence-electron chi connectivity index (χ1n) is 10.4. The number of carbonyl (C=O) groups is 2. The van der Waals surface area contributed by atoms with Crippen LogP contribution in [0.2, 0.25) is 0 Å². The molecule has 0 bridgehead atoms. The summed E-state index contributed by atoms with van der Waals surface area (Å²) in [6, 6.07) is 12.2. The average Bonchev–Trinajstić information content (AvgIpc) is 3.45. The van der Waals surface area contributed by atoms with Gasteiger partial charge in [0.2, 0.25) is 5.91 Å². The molecule has 1 aromatic carbocycles. The van der Waals surface area contributed by atoms with Crippen LogP contribution in [0.4, 0.5) is 0 Å². The normalized spacial score (nSPS) is 20.1. The predicted octanol–water partition coefficient (Wildman–Crippen LogP) is 3.84. The third-order valence-corrected chi connectivity index (χ3v) is 6.99. The Morgan fingerprint density at radius 1 is 1.10 bits per heavy atom. The maximum atomic E-state index is 13.2. The number of carbonyl (C=O) groups excluding carboxylic acids is 2. The van der Waals surface area contributed by atoms with Crippen LogP contribution in [0.15, 0.2) is 41.8 Å². The van der Waals surface area contributed by atoms with Crippen molar-refractivity contribution in [1.29, 1.82) is 0 Å². The lowest BCUT2D eigenvalue weighted by molar-refractivity contribution is -0.137. The number of hydrogen-bond acceptors (Lipinski definition) is 4. The van der Waals surface area contributed by atoms with Crippen molar-refractivity contribution in [3.8, 4) is 5.75 Å². The zero-order valence-electron chi connectivity index (χ0n) is 16.9. The Morgan fingerprint density at radius 2 is 1.93 bits per heavy atom. The van der Waals surface area contributed by atoms with E-state index in [1.54, 1.807) is 7.11 Å². The number of methoxy groups -OCH3 is 1. The minimum Gasteiger partial charge on any atom is -0.497 e. The van der Waals surface area contributed by atoms with Crippen LogP contribution in [0.1, 0.15) is 40.9 Å². The summed E-state index contributed by atoms with van der Waals surface area (Å²) in [6.07, 6.45) is 4.52. The zero-order valence-corrected chi connectivity index (χ0v) is 17.7. The number of nitrogens with zero attached hydrogens (tertiary/aromatic N) is 2. The SMILES string of the molecule is COc1cccc(CC2CCCN2C(=O)C2CCN(C(=O)c3cccs3)CC2)c1. The molecule has 1 atom stereocenters. The molecule has 6 heteroatoms. The van der Waals surface area contributed by atoms with Gasteiger partial charge in [0.1, 0.15) is 5.75 Å². The molecule has 3 heterocycles. The molecule has 4 rings (SSSR count). The third-order valence-electron chi connectivity index (χ3n) is 6.13. The van der Waals surface area contributed by atoms with Gasteiger partial charge in [-0.2, -0.15) is 0 Å². The van der Waals surface area contributed by atoms with Gasteiger partial charge in [0, 0.05) is 31.6 Å². The van der Waals surface area contributed by atoms with Crippen molar-refractivity contribution >= 4 is 23.2 Å². The number of amides is 2. The molecule has 0 N–H and O–H groups in total. The van der Waals surface area contributed by atoms with Crippen LogP contribution < -0.4 is 4.74 Å². The summed E-state index contributed by atoms with van der Waals surface area (Å²) < 4.78 is 5.33. The molecule has 154 valence electrons. The number of thiophene rings is 1. The molecule has 2 saturated heterocycles. The van der Waals surface area contributed by atoms with Gasteiger partial charge >= 0.3 is 0 Å². The first kappa shape index (κ1) is 20.0. The highest BCUT2D eigenvalue weighted by Gasteiger charge is 2.35. The maximum absolute atomic E-state index is 13.2. The summed E-state index contributed by atoms with van der Waals surface area (Å²) >= 11 is 1.48. The summed E-state index contributed by atoms with van der Waals surface area (Å²) in [5.41, 5.74) is 1.21. The fraction of sp³-hybridized carbons (Fsp3) is 0.478. The van der Waals surface area contributed by atoms with E-state index >= 15 is 0 Å².